The standard InChI is InChI=1S/C21H21N3O3/c1-26-18-6-7-20(27-2)19(12-18)15-11-16(14-22-13-15)21(25)24-10-8-17-5-3-4-9-23-17/h3-7,9,11-14H,8,10H2,1-2H3,(H,24,25). The fraction of sp³-hybridized carbons (Fsp3) is 0.190. The van der Waals surface area contributed by atoms with Crippen LogP contribution >= 0.6 is 0 Å². The van der Waals surface area contributed by atoms with Crippen molar-refractivity contribution in [3.63, 3.8) is 0 Å². The van der Waals surface area contributed by atoms with Gasteiger partial charge in [-0.15, -0.1) is 0 Å². The zero-order chi connectivity index (χ0) is 19.1. The molecule has 0 aliphatic rings. The third kappa shape index (κ3) is 4.61. The number of ether oxygens (including phenoxy) is 2. The maximum Gasteiger partial charge on any atom is 0.252 e. The maximum absolute atomic E-state index is 12.5. The summed E-state index contributed by atoms with van der Waals surface area (Å²) < 4.78 is 10.7. The normalized spacial score (nSPS) is 10.3. The summed E-state index contributed by atoms with van der Waals surface area (Å²) in [6.07, 6.45) is 5.66. The van der Waals surface area contributed by atoms with Gasteiger partial charge in [0.25, 0.3) is 5.91 Å². The number of hydrogen-bond donors (Lipinski definition) is 1. The van der Waals surface area contributed by atoms with E-state index in [1.807, 2.05) is 36.4 Å². The summed E-state index contributed by atoms with van der Waals surface area (Å²) in [5.41, 5.74) is 3.01. The Hall–Kier alpha value is -3.41. The Balaban J connectivity index is 1.74. The lowest BCUT2D eigenvalue weighted by molar-refractivity contribution is 0.0953. The average molecular weight is 363 g/mol. The molecule has 0 unspecified atom stereocenters. The van der Waals surface area contributed by atoms with Crippen LogP contribution in [-0.2, 0) is 6.42 Å². The first-order valence-corrected chi connectivity index (χ1v) is 8.57. The van der Waals surface area contributed by atoms with Gasteiger partial charge in [0, 0.05) is 48.4 Å². The fourth-order valence-corrected chi connectivity index (χ4v) is 2.70. The predicted molar refractivity (Wildman–Crippen MR) is 103 cm³/mol. The van der Waals surface area contributed by atoms with E-state index in [1.54, 1.807) is 38.9 Å². The van der Waals surface area contributed by atoms with Crippen molar-refractivity contribution in [2.24, 2.45) is 0 Å². The van der Waals surface area contributed by atoms with Crippen molar-refractivity contribution < 1.29 is 14.3 Å². The summed E-state index contributed by atoms with van der Waals surface area (Å²) in [7, 11) is 3.21. The molecule has 1 amide bonds. The van der Waals surface area contributed by atoms with Gasteiger partial charge >= 0.3 is 0 Å². The van der Waals surface area contributed by atoms with Crippen LogP contribution in [0.15, 0.2) is 61.1 Å². The minimum atomic E-state index is -0.179. The molecule has 0 bridgehead atoms. The summed E-state index contributed by atoms with van der Waals surface area (Å²) in [4.78, 5) is 20.9. The Labute approximate surface area is 158 Å². The summed E-state index contributed by atoms with van der Waals surface area (Å²) in [6, 6.07) is 13.0. The number of aromatic nitrogens is 2. The number of nitrogens with zero attached hydrogens (tertiary/aromatic N) is 2. The fourth-order valence-electron chi connectivity index (χ4n) is 2.70. The number of methoxy groups -OCH3 is 2. The monoisotopic (exact) mass is 363 g/mol. The number of carbonyl (C=O) groups is 1. The van der Waals surface area contributed by atoms with Gasteiger partial charge in [-0.2, -0.15) is 0 Å². The van der Waals surface area contributed by atoms with Crippen molar-refractivity contribution >= 4 is 5.91 Å². The van der Waals surface area contributed by atoms with Crippen LogP contribution in [0.25, 0.3) is 11.1 Å². The highest BCUT2D eigenvalue weighted by atomic mass is 16.5. The summed E-state index contributed by atoms with van der Waals surface area (Å²) in [6.45, 7) is 0.503. The van der Waals surface area contributed by atoms with Crippen LogP contribution in [0.3, 0.4) is 0 Å². The van der Waals surface area contributed by atoms with Crippen LogP contribution < -0.4 is 14.8 Å². The maximum atomic E-state index is 12.5. The van der Waals surface area contributed by atoms with E-state index < -0.39 is 0 Å². The Kier molecular flexibility index (Phi) is 5.99. The quantitative estimate of drug-likeness (QED) is 0.698. The molecule has 0 atom stereocenters. The van der Waals surface area contributed by atoms with Gasteiger partial charge in [-0.05, 0) is 36.4 Å². The third-order valence-corrected chi connectivity index (χ3v) is 4.11. The van der Waals surface area contributed by atoms with Gasteiger partial charge in [-0.1, -0.05) is 6.07 Å². The van der Waals surface area contributed by atoms with E-state index in [4.69, 9.17) is 9.47 Å². The lowest BCUT2D eigenvalue weighted by Crippen LogP contribution is -2.26. The molecule has 0 fully saturated rings. The Morgan fingerprint density at radius 3 is 2.70 bits per heavy atom. The predicted octanol–water partition coefficient (Wildman–Crippen LogP) is 3.13. The number of nitrogens with one attached hydrogen (secondary N) is 1. The van der Waals surface area contributed by atoms with Crippen molar-refractivity contribution in [1.82, 2.24) is 15.3 Å². The molecule has 2 heterocycles. The van der Waals surface area contributed by atoms with E-state index in [-0.39, 0.29) is 5.91 Å². The first kappa shape index (κ1) is 18.4. The molecule has 0 spiro atoms. The molecule has 0 saturated carbocycles. The lowest BCUT2D eigenvalue weighted by Gasteiger charge is -2.11. The molecule has 0 aliphatic carbocycles. The zero-order valence-electron chi connectivity index (χ0n) is 15.3. The van der Waals surface area contributed by atoms with E-state index in [0.717, 1.165) is 16.8 Å². The van der Waals surface area contributed by atoms with Gasteiger partial charge in [0.1, 0.15) is 11.5 Å². The largest absolute Gasteiger partial charge is 0.497 e. The van der Waals surface area contributed by atoms with E-state index in [1.165, 1.54) is 0 Å². The lowest BCUT2D eigenvalue weighted by atomic mass is 10.0. The first-order chi connectivity index (χ1) is 13.2. The second-order valence-electron chi connectivity index (χ2n) is 5.86. The summed E-state index contributed by atoms with van der Waals surface area (Å²) in [5, 5.41) is 2.90. The molecule has 3 aromatic rings. The molecular formula is C21H21N3O3. The number of amides is 1. The molecule has 1 N–H and O–H groups in total. The minimum Gasteiger partial charge on any atom is -0.497 e. The number of pyridine rings is 2. The molecule has 0 aliphatic heterocycles. The van der Waals surface area contributed by atoms with Crippen LogP contribution in [0, 0.1) is 0 Å². The van der Waals surface area contributed by atoms with Gasteiger partial charge in [-0.25, -0.2) is 0 Å². The highest BCUT2D eigenvalue weighted by molar-refractivity contribution is 5.95. The molecule has 6 heteroatoms. The van der Waals surface area contributed by atoms with Crippen LogP contribution in [0.4, 0.5) is 0 Å². The topological polar surface area (TPSA) is 73.3 Å². The first-order valence-electron chi connectivity index (χ1n) is 8.57. The van der Waals surface area contributed by atoms with E-state index in [2.05, 4.69) is 15.3 Å². The molecule has 6 nitrogen and oxygen atoms in total. The Morgan fingerprint density at radius 1 is 1.07 bits per heavy atom. The number of benzene rings is 1. The Bertz CT molecular complexity index is 914. The van der Waals surface area contributed by atoms with Gasteiger partial charge < -0.3 is 14.8 Å². The average Bonchev–Trinajstić information content (AvgIpc) is 2.74. The van der Waals surface area contributed by atoms with Crippen molar-refractivity contribution in [3.8, 4) is 22.6 Å². The van der Waals surface area contributed by atoms with Crippen molar-refractivity contribution in [2.75, 3.05) is 20.8 Å². The van der Waals surface area contributed by atoms with Gasteiger partial charge in [0.2, 0.25) is 0 Å². The molecule has 2 aromatic heterocycles. The van der Waals surface area contributed by atoms with Crippen molar-refractivity contribution in [3.05, 3.63) is 72.3 Å². The SMILES string of the molecule is COc1ccc(OC)c(-c2cncc(C(=O)NCCc3ccccn3)c2)c1. The molecule has 0 radical (unpaired) electrons. The number of carbonyl (C=O) groups excluding carboxylic acids is 1. The van der Waals surface area contributed by atoms with Crippen LogP contribution in [0.1, 0.15) is 16.1 Å². The van der Waals surface area contributed by atoms with Gasteiger partial charge in [0.15, 0.2) is 0 Å². The molecule has 0 saturated heterocycles. The number of rotatable bonds is 7. The van der Waals surface area contributed by atoms with Crippen molar-refractivity contribution in [2.45, 2.75) is 6.42 Å². The van der Waals surface area contributed by atoms with E-state index in [0.29, 0.717) is 30.0 Å². The smallest absolute Gasteiger partial charge is 0.252 e. The van der Waals surface area contributed by atoms with Crippen LogP contribution in [0.2, 0.25) is 0 Å². The third-order valence-electron chi connectivity index (χ3n) is 4.11. The second kappa shape index (κ2) is 8.80. The molecule has 3 rings (SSSR count). The molecular weight excluding hydrogens is 342 g/mol. The van der Waals surface area contributed by atoms with Crippen LogP contribution in [0.5, 0.6) is 11.5 Å². The highest BCUT2D eigenvalue weighted by Gasteiger charge is 2.12. The Morgan fingerprint density at radius 2 is 1.96 bits per heavy atom. The summed E-state index contributed by atoms with van der Waals surface area (Å²) in [5.74, 6) is 1.21. The highest BCUT2D eigenvalue weighted by Crippen LogP contribution is 2.33. The van der Waals surface area contributed by atoms with Gasteiger partial charge in [-0.3, -0.25) is 14.8 Å². The van der Waals surface area contributed by atoms with E-state index in [9.17, 15) is 4.79 Å². The van der Waals surface area contributed by atoms with E-state index >= 15 is 0 Å². The van der Waals surface area contributed by atoms with Crippen LogP contribution in [-0.4, -0.2) is 36.6 Å². The zero-order valence-corrected chi connectivity index (χ0v) is 15.3. The number of hydrogen-bond acceptors (Lipinski definition) is 5. The summed E-state index contributed by atoms with van der Waals surface area (Å²) >= 11 is 0. The van der Waals surface area contributed by atoms with Gasteiger partial charge in [0.05, 0.1) is 19.8 Å². The molecule has 138 valence electrons. The minimum absolute atomic E-state index is 0.179. The van der Waals surface area contributed by atoms with Crippen molar-refractivity contribution in [1.29, 1.82) is 0 Å². The molecule has 27 heavy (non-hydrogen) atoms. The molecule has 1 aromatic carbocycles. The second-order valence-corrected chi connectivity index (χ2v) is 5.86.